The second kappa shape index (κ2) is 6.56. The molecule has 0 bridgehead atoms. The van der Waals surface area contributed by atoms with Crippen molar-refractivity contribution < 1.29 is 13.5 Å². The third-order valence-electron chi connectivity index (χ3n) is 3.09. The van der Waals surface area contributed by atoms with E-state index in [1.54, 1.807) is 37.3 Å². The highest BCUT2D eigenvalue weighted by Crippen LogP contribution is 2.31. The second-order valence-corrected chi connectivity index (χ2v) is 5.60. The number of hydrogen-bond donors (Lipinski definition) is 0. The number of hydrogen-bond acceptors (Lipinski definition) is 4. The van der Waals surface area contributed by atoms with Crippen LogP contribution < -0.4 is 4.74 Å². The minimum atomic E-state index is -0.612. The highest BCUT2D eigenvalue weighted by Gasteiger charge is 2.19. The van der Waals surface area contributed by atoms with Gasteiger partial charge >= 0.3 is 0 Å². The summed E-state index contributed by atoms with van der Waals surface area (Å²) in [6.07, 6.45) is -0.612. The Balaban J connectivity index is 1.82. The summed E-state index contributed by atoms with van der Waals surface area (Å²) in [7, 11) is 0. The van der Waals surface area contributed by atoms with Crippen LogP contribution >= 0.6 is 23.2 Å². The largest absolute Gasteiger partial charge is 0.478 e. The van der Waals surface area contributed by atoms with Crippen LogP contribution in [0, 0.1) is 5.82 Å². The van der Waals surface area contributed by atoms with E-state index in [0.29, 0.717) is 15.6 Å². The maximum Gasteiger partial charge on any atom is 0.257 e. The first-order valence-corrected chi connectivity index (χ1v) is 7.50. The van der Waals surface area contributed by atoms with Crippen molar-refractivity contribution in [2.45, 2.75) is 13.0 Å². The lowest BCUT2D eigenvalue weighted by Crippen LogP contribution is -2.04. The predicted molar refractivity (Wildman–Crippen MR) is 85.2 cm³/mol. The standard InChI is InChI=1S/C16H11Cl2FN2O2/c1-9(22-14-5-3-2-4-13(14)19)15-20-21-16(23-15)11-7-6-10(17)8-12(11)18/h2-9H,1H3. The van der Waals surface area contributed by atoms with Gasteiger partial charge in [0.25, 0.3) is 5.89 Å². The Morgan fingerprint density at radius 1 is 1.13 bits per heavy atom. The lowest BCUT2D eigenvalue weighted by atomic mass is 10.2. The fourth-order valence-electron chi connectivity index (χ4n) is 1.95. The molecule has 0 N–H and O–H groups in total. The molecule has 118 valence electrons. The third-order valence-corrected chi connectivity index (χ3v) is 3.64. The normalized spacial score (nSPS) is 12.2. The van der Waals surface area contributed by atoms with Crippen molar-refractivity contribution in [3.05, 3.63) is 64.2 Å². The van der Waals surface area contributed by atoms with Crippen LogP contribution in [-0.2, 0) is 0 Å². The van der Waals surface area contributed by atoms with Crippen molar-refractivity contribution in [1.29, 1.82) is 0 Å². The maximum atomic E-state index is 13.6. The van der Waals surface area contributed by atoms with Crippen LogP contribution in [0.5, 0.6) is 5.75 Å². The molecular weight excluding hydrogens is 342 g/mol. The predicted octanol–water partition coefficient (Wildman–Crippen LogP) is 5.32. The molecule has 0 aliphatic heterocycles. The van der Waals surface area contributed by atoms with E-state index in [2.05, 4.69) is 10.2 Å². The van der Waals surface area contributed by atoms with Crippen LogP contribution in [-0.4, -0.2) is 10.2 Å². The van der Waals surface area contributed by atoms with Gasteiger partial charge in [-0.05, 0) is 37.3 Å². The zero-order chi connectivity index (χ0) is 16.4. The second-order valence-electron chi connectivity index (χ2n) is 4.76. The van der Waals surface area contributed by atoms with E-state index in [4.69, 9.17) is 32.4 Å². The first-order chi connectivity index (χ1) is 11.0. The number of benzene rings is 2. The molecular formula is C16H11Cl2FN2O2. The molecule has 2 aromatic carbocycles. The third kappa shape index (κ3) is 3.46. The highest BCUT2D eigenvalue weighted by molar-refractivity contribution is 6.36. The van der Waals surface area contributed by atoms with Gasteiger partial charge in [-0.2, -0.15) is 0 Å². The Bertz CT molecular complexity index is 838. The van der Waals surface area contributed by atoms with Crippen LogP contribution in [0.25, 0.3) is 11.5 Å². The van der Waals surface area contributed by atoms with Crippen LogP contribution in [0.2, 0.25) is 10.0 Å². The van der Waals surface area contributed by atoms with Crippen molar-refractivity contribution in [2.24, 2.45) is 0 Å². The Hall–Kier alpha value is -2.11. The molecule has 0 saturated carbocycles. The summed E-state index contributed by atoms with van der Waals surface area (Å²) >= 11 is 12.0. The number of aromatic nitrogens is 2. The molecule has 1 aromatic heterocycles. The van der Waals surface area contributed by atoms with Crippen LogP contribution in [0.4, 0.5) is 4.39 Å². The molecule has 7 heteroatoms. The minimum absolute atomic E-state index is 0.115. The first kappa shape index (κ1) is 15.8. The van der Waals surface area contributed by atoms with Gasteiger partial charge in [-0.3, -0.25) is 0 Å². The first-order valence-electron chi connectivity index (χ1n) is 6.74. The molecule has 4 nitrogen and oxygen atoms in total. The number of halogens is 3. The van der Waals surface area contributed by atoms with Gasteiger partial charge in [-0.25, -0.2) is 4.39 Å². The van der Waals surface area contributed by atoms with Crippen LogP contribution in [0.3, 0.4) is 0 Å². The van der Waals surface area contributed by atoms with Gasteiger partial charge in [0.1, 0.15) is 0 Å². The van der Waals surface area contributed by atoms with E-state index in [1.165, 1.54) is 12.1 Å². The summed E-state index contributed by atoms with van der Waals surface area (Å²) in [5.74, 6) is 0.115. The summed E-state index contributed by atoms with van der Waals surface area (Å²) in [5, 5.41) is 8.78. The monoisotopic (exact) mass is 352 g/mol. The Morgan fingerprint density at radius 3 is 2.65 bits per heavy atom. The molecule has 1 atom stereocenters. The Morgan fingerprint density at radius 2 is 1.91 bits per heavy atom. The topological polar surface area (TPSA) is 48.2 Å². The van der Waals surface area contributed by atoms with E-state index in [-0.39, 0.29) is 17.5 Å². The Labute approximate surface area is 141 Å². The van der Waals surface area contributed by atoms with Gasteiger partial charge in [0.05, 0.1) is 10.6 Å². The number of para-hydroxylation sites is 1. The Kier molecular flexibility index (Phi) is 4.50. The van der Waals surface area contributed by atoms with Gasteiger partial charge in [0, 0.05) is 5.02 Å². The van der Waals surface area contributed by atoms with Crippen molar-refractivity contribution >= 4 is 23.2 Å². The molecule has 0 spiro atoms. The molecule has 3 rings (SSSR count). The van der Waals surface area contributed by atoms with Gasteiger partial charge in [0.15, 0.2) is 17.7 Å². The summed E-state index contributed by atoms with van der Waals surface area (Å²) in [6, 6.07) is 11.0. The van der Waals surface area contributed by atoms with Crippen LogP contribution in [0.15, 0.2) is 46.9 Å². The number of nitrogens with zero attached hydrogens (tertiary/aromatic N) is 2. The number of ether oxygens (including phenoxy) is 1. The summed E-state index contributed by atoms with van der Waals surface area (Å²) < 4.78 is 24.7. The van der Waals surface area contributed by atoms with Crippen molar-refractivity contribution in [3.63, 3.8) is 0 Å². The molecule has 3 aromatic rings. The van der Waals surface area contributed by atoms with Crippen LogP contribution in [0.1, 0.15) is 18.9 Å². The molecule has 0 radical (unpaired) electrons. The molecule has 0 aliphatic rings. The SMILES string of the molecule is CC(Oc1ccccc1F)c1nnc(-c2ccc(Cl)cc2Cl)o1. The summed E-state index contributed by atoms with van der Waals surface area (Å²) in [6.45, 7) is 1.69. The quantitative estimate of drug-likeness (QED) is 0.637. The van der Waals surface area contributed by atoms with Gasteiger partial charge in [-0.15, -0.1) is 10.2 Å². The zero-order valence-corrected chi connectivity index (χ0v) is 13.5. The summed E-state index contributed by atoms with van der Waals surface area (Å²) in [4.78, 5) is 0. The van der Waals surface area contributed by atoms with E-state index < -0.39 is 11.9 Å². The fourth-order valence-corrected chi connectivity index (χ4v) is 2.44. The summed E-state index contributed by atoms with van der Waals surface area (Å²) in [5.41, 5.74) is 0.563. The molecule has 1 unspecified atom stereocenters. The molecule has 0 amide bonds. The number of rotatable bonds is 4. The average Bonchev–Trinajstić information content (AvgIpc) is 2.99. The maximum absolute atomic E-state index is 13.6. The van der Waals surface area contributed by atoms with Crippen molar-refractivity contribution in [3.8, 4) is 17.2 Å². The van der Waals surface area contributed by atoms with Gasteiger partial charge < -0.3 is 9.15 Å². The smallest absolute Gasteiger partial charge is 0.257 e. The zero-order valence-electron chi connectivity index (χ0n) is 12.0. The lowest BCUT2D eigenvalue weighted by Gasteiger charge is -2.11. The molecule has 0 fully saturated rings. The highest BCUT2D eigenvalue weighted by atomic mass is 35.5. The molecule has 0 aliphatic carbocycles. The molecule has 23 heavy (non-hydrogen) atoms. The van der Waals surface area contributed by atoms with E-state index >= 15 is 0 Å². The van der Waals surface area contributed by atoms with E-state index in [9.17, 15) is 4.39 Å². The van der Waals surface area contributed by atoms with Gasteiger partial charge in [0.2, 0.25) is 5.89 Å². The fraction of sp³-hybridized carbons (Fsp3) is 0.125. The van der Waals surface area contributed by atoms with Gasteiger partial charge in [-0.1, -0.05) is 35.3 Å². The molecule has 0 saturated heterocycles. The lowest BCUT2D eigenvalue weighted by molar-refractivity contribution is 0.182. The van der Waals surface area contributed by atoms with E-state index in [1.807, 2.05) is 0 Å². The van der Waals surface area contributed by atoms with Crippen molar-refractivity contribution in [2.75, 3.05) is 0 Å². The average molecular weight is 353 g/mol. The molecule has 1 heterocycles. The van der Waals surface area contributed by atoms with Crippen molar-refractivity contribution in [1.82, 2.24) is 10.2 Å². The minimum Gasteiger partial charge on any atom is -0.478 e. The van der Waals surface area contributed by atoms with E-state index in [0.717, 1.165) is 0 Å².